The number of halogens is 1. The number of anilines is 1. The molecular formula is C18H19ClN2O3S. The number of nitrogens with zero attached hydrogens (tertiary/aromatic N) is 2. The number of hydrogen-bond acceptors (Lipinski definition) is 3. The van der Waals surface area contributed by atoms with E-state index in [9.17, 15) is 13.2 Å². The van der Waals surface area contributed by atoms with Gasteiger partial charge in [0, 0.05) is 31.4 Å². The number of sulfonamides is 1. The third kappa shape index (κ3) is 3.05. The third-order valence-corrected chi connectivity index (χ3v) is 6.66. The molecule has 0 radical (unpaired) electrons. The first kappa shape index (κ1) is 17.9. The zero-order chi connectivity index (χ0) is 18.4. The molecule has 3 rings (SSSR count). The molecule has 1 aliphatic rings. The quantitative estimate of drug-likeness (QED) is 0.824. The van der Waals surface area contributed by atoms with Crippen molar-refractivity contribution in [2.75, 3.05) is 19.0 Å². The molecule has 2 aromatic rings. The lowest BCUT2D eigenvalue weighted by molar-refractivity contribution is 0.0981. The number of amides is 1. The number of para-hydroxylation sites is 1. The Morgan fingerprint density at radius 2 is 1.88 bits per heavy atom. The second-order valence-corrected chi connectivity index (χ2v) is 8.82. The Morgan fingerprint density at radius 3 is 2.56 bits per heavy atom. The van der Waals surface area contributed by atoms with Crippen LogP contribution < -0.4 is 4.90 Å². The summed E-state index contributed by atoms with van der Waals surface area (Å²) in [5.74, 6) is -0.232. The van der Waals surface area contributed by atoms with Crippen molar-refractivity contribution in [3.63, 3.8) is 0 Å². The fraction of sp³-hybridized carbons (Fsp3) is 0.278. The second kappa shape index (κ2) is 6.44. The molecule has 25 heavy (non-hydrogen) atoms. The zero-order valence-corrected chi connectivity index (χ0v) is 15.8. The predicted molar refractivity (Wildman–Crippen MR) is 98.7 cm³/mol. The van der Waals surface area contributed by atoms with Crippen LogP contribution in [0.2, 0.25) is 5.02 Å². The highest BCUT2D eigenvalue weighted by Gasteiger charge is 2.32. The van der Waals surface area contributed by atoms with Gasteiger partial charge in [-0.25, -0.2) is 12.7 Å². The van der Waals surface area contributed by atoms with Crippen molar-refractivity contribution in [2.24, 2.45) is 0 Å². The molecule has 5 nitrogen and oxygen atoms in total. The summed E-state index contributed by atoms with van der Waals surface area (Å²) in [6.45, 7) is 1.98. The fourth-order valence-corrected chi connectivity index (χ4v) is 4.44. The van der Waals surface area contributed by atoms with Crippen LogP contribution in [0.3, 0.4) is 0 Å². The molecule has 1 heterocycles. The van der Waals surface area contributed by atoms with Crippen LogP contribution in [-0.2, 0) is 16.4 Å². The van der Waals surface area contributed by atoms with E-state index >= 15 is 0 Å². The summed E-state index contributed by atoms with van der Waals surface area (Å²) in [4.78, 5) is 14.7. The number of benzene rings is 2. The van der Waals surface area contributed by atoms with E-state index in [0.717, 1.165) is 22.0 Å². The van der Waals surface area contributed by atoms with E-state index in [4.69, 9.17) is 11.6 Å². The first-order valence-electron chi connectivity index (χ1n) is 7.87. The monoisotopic (exact) mass is 378 g/mol. The molecule has 1 unspecified atom stereocenters. The lowest BCUT2D eigenvalue weighted by Gasteiger charge is -2.23. The van der Waals surface area contributed by atoms with E-state index in [1.54, 1.807) is 11.0 Å². The maximum atomic E-state index is 13.1. The maximum Gasteiger partial charge on any atom is 0.258 e. The summed E-state index contributed by atoms with van der Waals surface area (Å²) < 4.78 is 25.9. The van der Waals surface area contributed by atoms with Crippen molar-refractivity contribution < 1.29 is 13.2 Å². The van der Waals surface area contributed by atoms with Gasteiger partial charge in [0.1, 0.15) is 4.90 Å². The topological polar surface area (TPSA) is 57.7 Å². The van der Waals surface area contributed by atoms with Crippen LogP contribution in [0.25, 0.3) is 0 Å². The molecule has 0 fully saturated rings. The zero-order valence-electron chi connectivity index (χ0n) is 14.2. The van der Waals surface area contributed by atoms with Gasteiger partial charge in [-0.1, -0.05) is 29.8 Å². The van der Waals surface area contributed by atoms with Crippen molar-refractivity contribution in [3.05, 3.63) is 58.6 Å². The van der Waals surface area contributed by atoms with Gasteiger partial charge in [-0.15, -0.1) is 0 Å². The van der Waals surface area contributed by atoms with Crippen molar-refractivity contribution in [1.29, 1.82) is 0 Å². The molecule has 0 bridgehead atoms. The SMILES string of the molecule is CC1Cc2ccccc2N1C(=O)c1ccc(Cl)c(S(=O)(=O)N(C)C)c1. The minimum absolute atomic E-state index is 0.00878. The number of fused-ring (bicyclic) bond motifs is 1. The molecular weight excluding hydrogens is 360 g/mol. The molecule has 0 aromatic heterocycles. The van der Waals surface area contributed by atoms with Crippen molar-refractivity contribution in [3.8, 4) is 0 Å². The predicted octanol–water partition coefficient (Wildman–Crippen LogP) is 3.18. The van der Waals surface area contributed by atoms with E-state index in [2.05, 4.69) is 0 Å². The average Bonchev–Trinajstić information content (AvgIpc) is 2.90. The molecule has 1 aliphatic heterocycles. The molecule has 1 atom stereocenters. The van der Waals surface area contributed by atoms with Crippen LogP contribution in [0.15, 0.2) is 47.4 Å². The first-order valence-corrected chi connectivity index (χ1v) is 9.69. The highest BCUT2D eigenvalue weighted by atomic mass is 35.5. The Labute approximate surface area is 152 Å². The van der Waals surface area contributed by atoms with E-state index in [0.29, 0.717) is 5.56 Å². The highest BCUT2D eigenvalue weighted by molar-refractivity contribution is 7.89. The summed E-state index contributed by atoms with van der Waals surface area (Å²) in [6, 6.07) is 12.1. The van der Waals surface area contributed by atoms with Gasteiger partial charge in [-0.3, -0.25) is 4.79 Å². The van der Waals surface area contributed by atoms with Crippen molar-refractivity contribution >= 4 is 33.2 Å². The maximum absolute atomic E-state index is 13.1. The van der Waals surface area contributed by atoms with E-state index in [1.807, 2.05) is 31.2 Å². The number of hydrogen-bond donors (Lipinski definition) is 0. The Morgan fingerprint density at radius 1 is 1.20 bits per heavy atom. The van der Waals surface area contributed by atoms with Gasteiger partial charge in [0.05, 0.1) is 5.02 Å². The molecule has 0 saturated carbocycles. The van der Waals surface area contributed by atoms with E-state index < -0.39 is 10.0 Å². The molecule has 0 saturated heterocycles. The van der Waals surface area contributed by atoms with Crippen LogP contribution in [0.1, 0.15) is 22.8 Å². The smallest absolute Gasteiger partial charge is 0.258 e. The summed E-state index contributed by atoms with van der Waals surface area (Å²) >= 11 is 6.07. The van der Waals surface area contributed by atoms with Gasteiger partial charge in [0.2, 0.25) is 10.0 Å². The largest absolute Gasteiger partial charge is 0.305 e. The first-order chi connectivity index (χ1) is 11.7. The molecule has 7 heteroatoms. The Bertz CT molecular complexity index is 941. The molecule has 0 aliphatic carbocycles. The Balaban J connectivity index is 2.05. The molecule has 132 valence electrons. The minimum atomic E-state index is -3.73. The molecule has 0 N–H and O–H groups in total. The summed E-state index contributed by atoms with van der Waals surface area (Å²) in [7, 11) is -0.871. The van der Waals surface area contributed by atoms with Crippen molar-refractivity contribution in [1.82, 2.24) is 4.31 Å². The van der Waals surface area contributed by atoms with E-state index in [1.165, 1.54) is 26.2 Å². The van der Waals surface area contributed by atoms with Gasteiger partial charge in [-0.05, 0) is 43.2 Å². The molecule has 0 spiro atoms. The van der Waals surface area contributed by atoms with Crippen LogP contribution in [0.5, 0.6) is 0 Å². The Kier molecular flexibility index (Phi) is 4.62. The minimum Gasteiger partial charge on any atom is -0.305 e. The third-order valence-electron chi connectivity index (χ3n) is 4.36. The van der Waals surface area contributed by atoms with Gasteiger partial charge in [0.15, 0.2) is 0 Å². The highest BCUT2D eigenvalue weighted by Crippen LogP contribution is 2.34. The number of carbonyl (C=O) groups excluding carboxylic acids is 1. The van der Waals surface area contributed by atoms with Crippen LogP contribution in [0.4, 0.5) is 5.69 Å². The van der Waals surface area contributed by atoms with Gasteiger partial charge in [-0.2, -0.15) is 0 Å². The van der Waals surface area contributed by atoms with E-state index in [-0.39, 0.29) is 21.9 Å². The van der Waals surface area contributed by atoms with Gasteiger partial charge < -0.3 is 4.90 Å². The number of rotatable bonds is 3. The Hall–Kier alpha value is -1.89. The van der Waals surface area contributed by atoms with Gasteiger partial charge >= 0.3 is 0 Å². The standard InChI is InChI=1S/C18H19ClN2O3S/c1-12-10-13-6-4-5-7-16(13)21(12)18(22)14-8-9-15(19)17(11-14)25(23,24)20(2)3/h4-9,11-12H,10H2,1-3H3. The summed E-state index contributed by atoms with van der Waals surface area (Å²) in [6.07, 6.45) is 0.776. The fourth-order valence-electron chi connectivity index (χ4n) is 3.04. The van der Waals surface area contributed by atoms with Crippen molar-refractivity contribution in [2.45, 2.75) is 24.3 Å². The molecule has 1 amide bonds. The lowest BCUT2D eigenvalue weighted by Crippen LogP contribution is -2.35. The summed E-state index contributed by atoms with van der Waals surface area (Å²) in [5.41, 5.74) is 2.28. The number of carbonyl (C=O) groups is 1. The van der Waals surface area contributed by atoms with Crippen LogP contribution in [-0.4, -0.2) is 38.8 Å². The van der Waals surface area contributed by atoms with Crippen LogP contribution in [0, 0.1) is 0 Å². The second-order valence-electron chi connectivity index (χ2n) is 6.29. The normalized spacial score (nSPS) is 17.0. The van der Waals surface area contributed by atoms with Gasteiger partial charge in [0.25, 0.3) is 5.91 Å². The molecule has 2 aromatic carbocycles. The summed E-state index contributed by atoms with van der Waals surface area (Å²) in [5, 5.41) is 0.0973. The average molecular weight is 379 g/mol. The lowest BCUT2D eigenvalue weighted by atomic mass is 10.1. The van der Waals surface area contributed by atoms with Crippen LogP contribution >= 0.6 is 11.6 Å².